The molecule has 0 aromatic rings. The Bertz CT molecular complexity index is 1160. The number of rotatable bonds is 16. The van der Waals surface area contributed by atoms with Crippen LogP contribution in [0.2, 0.25) is 0 Å². The lowest BCUT2D eigenvalue weighted by Gasteiger charge is -2.48. The van der Waals surface area contributed by atoms with Crippen molar-refractivity contribution in [2.24, 2.45) is 5.73 Å². The van der Waals surface area contributed by atoms with Gasteiger partial charge >= 0.3 is 5.97 Å². The van der Waals surface area contributed by atoms with Gasteiger partial charge in [0.15, 0.2) is 12.6 Å². The molecule has 21 heteroatoms. The number of carbonyl (C=O) groups excluding carboxylic acids is 5. The maximum atomic E-state index is 13.1. The fraction of sp³-hybridized carbons (Fsp3) is 0.778. The summed E-state index contributed by atoms with van der Waals surface area (Å²) in [6.45, 7) is 3.07. The van der Waals surface area contributed by atoms with Gasteiger partial charge in [-0.2, -0.15) is 0 Å². The SMILES string of the molecule is CC(=O)NC1C(O)[C@H](O)[C@H](CO)O[C@H]1O[C@@H]1C(CO)O[C@H](O)C(NC(C)=O)[C@H]1O[C@H](C)C(=O)N[C@@H](C)C(=O)NC(CCC(=O)O)C(N)=O. The highest BCUT2D eigenvalue weighted by atomic mass is 16.7. The number of carboxylic acids is 1. The smallest absolute Gasteiger partial charge is 0.303 e. The molecule has 2 saturated heterocycles. The molecule has 5 unspecified atom stereocenters. The van der Waals surface area contributed by atoms with E-state index in [9.17, 15) is 54.3 Å². The second-order valence-corrected chi connectivity index (χ2v) is 11.4. The summed E-state index contributed by atoms with van der Waals surface area (Å²) < 4.78 is 23.0. The van der Waals surface area contributed by atoms with Crippen molar-refractivity contribution < 1.29 is 78.4 Å². The lowest BCUT2D eigenvalue weighted by molar-refractivity contribution is -0.333. The Hall–Kier alpha value is -3.54. The molecular formula is C27H45N5O16. The molecule has 0 saturated carbocycles. The summed E-state index contributed by atoms with van der Waals surface area (Å²) in [6.07, 6.45) is -15.1. The fourth-order valence-electron chi connectivity index (χ4n) is 5.07. The van der Waals surface area contributed by atoms with Gasteiger partial charge < -0.3 is 76.6 Å². The molecule has 13 atom stereocenters. The van der Waals surface area contributed by atoms with Gasteiger partial charge in [0.25, 0.3) is 0 Å². The third-order valence-electron chi connectivity index (χ3n) is 7.55. The minimum absolute atomic E-state index is 0.302. The topological polar surface area (TPSA) is 335 Å². The van der Waals surface area contributed by atoms with Crippen molar-refractivity contribution in [1.29, 1.82) is 0 Å². The summed E-state index contributed by atoms with van der Waals surface area (Å²) in [5.41, 5.74) is 5.24. The van der Waals surface area contributed by atoms with Gasteiger partial charge in [-0.05, 0) is 20.3 Å². The van der Waals surface area contributed by atoms with Crippen LogP contribution >= 0.6 is 0 Å². The zero-order valence-corrected chi connectivity index (χ0v) is 26.7. The number of hydrogen-bond donors (Lipinski definition) is 11. The van der Waals surface area contributed by atoms with Crippen molar-refractivity contribution >= 4 is 35.5 Å². The second kappa shape index (κ2) is 18.3. The molecule has 2 aliphatic heterocycles. The molecular weight excluding hydrogens is 650 g/mol. The first kappa shape index (κ1) is 40.6. The van der Waals surface area contributed by atoms with Gasteiger partial charge in [0.1, 0.15) is 66.9 Å². The van der Waals surface area contributed by atoms with E-state index in [2.05, 4.69) is 21.3 Å². The number of carboxylic acid groups (broad SMARTS) is 1. The molecule has 2 rings (SSSR count). The van der Waals surface area contributed by atoms with Gasteiger partial charge in [-0.1, -0.05) is 0 Å². The molecule has 5 amide bonds. The highest BCUT2D eigenvalue weighted by molar-refractivity contribution is 5.92. The predicted molar refractivity (Wildman–Crippen MR) is 156 cm³/mol. The quantitative estimate of drug-likeness (QED) is 0.0715. The third kappa shape index (κ3) is 11.0. The summed E-state index contributed by atoms with van der Waals surface area (Å²) in [4.78, 5) is 72.3. The monoisotopic (exact) mass is 695 g/mol. The number of aliphatic hydroxyl groups is 5. The van der Waals surface area contributed by atoms with Gasteiger partial charge in [0, 0.05) is 20.3 Å². The zero-order chi connectivity index (χ0) is 36.5. The van der Waals surface area contributed by atoms with Crippen molar-refractivity contribution in [3.8, 4) is 0 Å². The number of primary amides is 1. The van der Waals surface area contributed by atoms with E-state index in [0.29, 0.717) is 0 Å². The number of ether oxygens (including phenoxy) is 4. The summed E-state index contributed by atoms with van der Waals surface area (Å²) in [5.74, 6) is -5.40. The third-order valence-corrected chi connectivity index (χ3v) is 7.55. The molecule has 0 radical (unpaired) electrons. The minimum atomic E-state index is -1.83. The van der Waals surface area contributed by atoms with Crippen LogP contribution in [0.1, 0.15) is 40.5 Å². The fourth-order valence-corrected chi connectivity index (χ4v) is 5.07. The largest absolute Gasteiger partial charge is 0.481 e. The van der Waals surface area contributed by atoms with Gasteiger partial charge in [-0.25, -0.2) is 0 Å². The van der Waals surface area contributed by atoms with Gasteiger partial charge in [-0.3, -0.25) is 28.8 Å². The van der Waals surface area contributed by atoms with E-state index in [0.717, 1.165) is 13.8 Å². The lowest BCUT2D eigenvalue weighted by Crippen LogP contribution is -2.70. The van der Waals surface area contributed by atoms with E-state index < -0.39 is 135 Å². The van der Waals surface area contributed by atoms with Crippen molar-refractivity contribution in [1.82, 2.24) is 21.3 Å². The van der Waals surface area contributed by atoms with Crippen LogP contribution in [0.5, 0.6) is 0 Å². The first-order valence-electron chi connectivity index (χ1n) is 15.0. The molecule has 2 heterocycles. The van der Waals surface area contributed by atoms with Crippen molar-refractivity contribution in [2.45, 2.75) is 120 Å². The van der Waals surface area contributed by atoms with Crippen molar-refractivity contribution in [3.63, 3.8) is 0 Å². The van der Waals surface area contributed by atoms with Crippen LogP contribution in [-0.2, 0) is 47.7 Å². The maximum Gasteiger partial charge on any atom is 0.303 e. The highest BCUT2D eigenvalue weighted by Crippen LogP contribution is 2.31. The Morgan fingerprint density at radius 2 is 1.40 bits per heavy atom. The number of aliphatic carboxylic acids is 1. The van der Waals surface area contributed by atoms with Crippen LogP contribution in [0.3, 0.4) is 0 Å². The van der Waals surface area contributed by atoms with Crippen LogP contribution in [0.15, 0.2) is 0 Å². The highest BCUT2D eigenvalue weighted by Gasteiger charge is 2.52. The van der Waals surface area contributed by atoms with Gasteiger partial charge in [0.05, 0.1) is 13.2 Å². The van der Waals surface area contributed by atoms with Crippen LogP contribution in [0.4, 0.5) is 0 Å². The molecule has 12 N–H and O–H groups in total. The lowest BCUT2D eigenvalue weighted by atomic mass is 9.94. The summed E-state index contributed by atoms with van der Waals surface area (Å²) in [5, 5.41) is 69.8. The molecule has 0 aromatic heterocycles. The molecule has 21 nitrogen and oxygen atoms in total. The Labute approximate surface area is 274 Å². The number of carbonyl (C=O) groups is 6. The van der Waals surface area contributed by atoms with E-state index in [-0.39, 0.29) is 6.42 Å². The van der Waals surface area contributed by atoms with Crippen LogP contribution in [0, 0.1) is 0 Å². The minimum Gasteiger partial charge on any atom is -0.481 e. The van der Waals surface area contributed by atoms with Crippen LogP contribution < -0.4 is 27.0 Å². The van der Waals surface area contributed by atoms with E-state index in [4.69, 9.17) is 29.8 Å². The molecule has 2 aliphatic rings. The number of hydrogen-bond acceptors (Lipinski definition) is 15. The summed E-state index contributed by atoms with van der Waals surface area (Å²) in [7, 11) is 0. The summed E-state index contributed by atoms with van der Waals surface area (Å²) >= 11 is 0. The number of nitrogens with two attached hydrogens (primary N) is 1. The maximum absolute atomic E-state index is 13.1. The Kier molecular flexibility index (Phi) is 15.5. The summed E-state index contributed by atoms with van der Waals surface area (Å²) in [6, 6.07) is -5.57. The average molecular weight is 696 g/mol. The average Bonchev–Trinajstić information content (AvgIpc) is 3.00. The Balaban J connectivity index is 2.34. The first-order chi connectivity index (χ1) is 22.4. The Morgan fingerprint density at radius 1 is 0.812 bits per heavy atom. The van der Waals surface area contributed by atoms with Crippen LogP contribution in [0.25, 0.3) is 0 Å². The Morgan fingerprint density at radius 3 is 1.92 bits per heavy atom. The second-order valence-electron chi connectivity index (χ2n) is 11.4. The molecule has 2 fully saturated rings. The normalized spacial score (nSPS) is 32.2. The van der Waals surface area contributed by atoms with Crippen molar-refractivity contribution in [3.05, 3.63) is 0 Å². The molecule has 0 aliphatic carbocycles. The number of aliphatic hydroxyl groups excluding tert-OH is 5. The molecule has 0 aromatic carbocycles. The molecule has 0 bridgehead atoms. The van der Waals surface area contributed by atoms with E-state index in [1.807, 2.05) is 0 Å². The molecule has 0 spiro atoms. The predicted octanol–water partition coefficient (Wildman–Crippen LogP) is -6.36. The van der Waals surface area contributed by atoms with E-state index >= 15 is 0 Å². The van der Waals surface area contributed by atoms with E-state index in [1.165, 1.54) is 13.8 Å². The van der Waals surface area contributed by atoms with Gasteiger partial charge in [0.2, 0.25) is 29.5 Å². The van der Waals surface area contributed by atoms with Gasteiger partial charge in [-0.15, -0.1) is 0 Å². The number of nitrogens with one attached hydrogen (secondary N) is 4. The molecule has 48 heavy (non-hydrogen) atoms. The number of amides is 5. The first-order valence-corrected chi connectivity index (χ1v) is 15.0. The van der Waals surface area contributed by atoms with Crippen molar-refractivity contribution in [2.75, 3.05) is 13.2 Å². The standard InChI is InChI=1S/C27H45N5O16/c1-9(24(42)32-13(23(28)41)5-6-16(37)38)29-25(43)10(2)45-22-18(31-12(4)36)26(44)46-15(8-34)21(22)48-27-17(30-11(3)35)20(40)19(39)14(7-33)47-27/h9-10,13-15,17-22,26-27,33-34,39-40,44H,5-8H2,1-4H3,(H2,28,41)(H,29,43)(H,30,35)(H,31,36)(H,32,42)(H,37,38)/t9-,10+,13?,14-,15?,17?,18?,19+,20?,21+,22+,26-,27-/m0/s1. The molecule has 274 valence electrons. The zero-order valence-electron chi connectivity index (χ0n) is 26.7. The van der Waals surface area contributed by atoms with E-state index in [1.54, 1.807) is 0 Å². The van der Waals surface area contributed by atoms with Crippen LogP contribution in [-0.4, -0.2) is 159 Å².